The van der Waals surface area contributed by atoms with E-state index in [2.05, 4.69) is 11.4 Å². The van der Waals surface area contributed by atoms with Gasteiger partial charge in [0, 0.05) is 18.0 Å². The Morgan fingerprint density at radius 1 is 1.24 bits per heavy atom. The molecule has 5 nitrogen and oxygen atoms in total. The number of ether oxygens (including phenoxy) is 1. The zero-order chi connectivity index (χ0) is 23.3. The molecular weight excluding hydrogens is 419 g/mol. The first-order chi connectivity index (χ1) is 15.7. The Kier molecular flexibility index (Phi) is 5.33. The average Bonchev–Trinajstić information content (AvgIpc) is 3.48. The third-order valence-electron chi connectivity index (χ3n) is 7.43. The maximum Gasteiger partial charge on any atom is 0.339 e. The summed E-state index contributed by atoms with van der Waals surface area (Å²) in [6.45, 7) is 3.68. The van der Waals surface area contributed by atoms with E-state index in [1.807, 2.05) is 26.0 Å². The van der Waals surface area contributed by atoms with Crippen molar-refractivity contribution < 1.29 is 18.7 Å². The summed E-state index contributed by atoms with van der Waals surface area (Å²) in [5, 5.41) is 13.0. The number of hydrogen-bond acceptors (Lipinski definition) is 5. The summed E-state index contributed by atoms with van der Waals surface area (Å²) >= 11 is 0. The highest BCUT2D eigenvalue weighted by molar-refractivity contribution is 5.96. The van der Waals surface area contributed by atoms with Gasteiger partial charge in [0.15, 0.2) is 5.78 Å². The second kappa shape index (κ2) is 8.07. The number of nitrogens with zero attached hydrogens (tertiary/aromatic N) is 1. The van der Waals surface area contributed by atoms with Crippen LogP contribution in [0.15, 0.2) is 36.4 Å². The maximum absolute atomic E-state index is 15.0. The fourth-order valence-corrected chi connectivity index (χ4v) is 5.67. The maximum atomic E-state index is 15.0. The first-order valence-electron chi connectivity index (χ1n) is 11.6. The Hall–Kier alpha value is -3.04. The molecule has 2 fully saturated rings. The lowest BCUT2D eigenvalue weighted by molar-refractivity contribution is -0.122. The fraction of sp³-hybridized carbons (Fsp3) is 0.444. The molecule has 0 aromatic heterocycles. The van der Waals surface area contributed by atoms with E-state index in [-0.39, 0.29) is 30.6 Å². The van der Waals surface area contributed by atoms with Crippen LogP contribution in [0.5, 0.6) is 0 Å². The van der Waals surface area contributed by atoms with Crippen molar-refractivity contribution in [1.82, 2.24) is 5.32 Å². The number of rotatable bonds is 6. The molecule has 33 heavy (non-hydrogen) atoms. The lowest BCUT2D eigenvalue weighted by Crippen LogP contribution is -2.42. The average molecular weight is 447 g/mol. The number of cyclic esters (lactones) is 1. The third kappa shape index (κ3) is 3.95. The van der Waals surface area contributed by atoms with Gasteiger partial charge in [-0.25, -0.2) is 9.18 Å². The number of benzene rings is 2. The molecule has 1 N–H and O–H groups in total. The molecule has 2 aromatic rings. The Balaban J connectivity index is 1.30. The van der Waals surface area contributed by atoms with Gasteiger partial charge in [0.1, 0.15) is 11.4 Å². The summed E-state index contributed by atoms with van der Waals surface area (Å²) in [5.41, 5.74) is 2.44. The zero-order valence-corrected chi connectivity index (χ0v) is 18.9. The third-order valence-corrected chi connectivity index (χ3v) is 7.43. The van der Waals surface area contributed by atoms with Gasteiger partial charge in [-0.2, -0.15) is 5.26 Å². The molecule has 2 aliphatic heterocycles. The van der Waals surface area contributed by atoms with Gasteiger partial charge in [-0.1, -0.05) is 24.3 Å². The molecule has 0 amide bonds. The summed E-state index contributed by atoms with van der Waals surface area (Å²) in [7, 11) is 0. The monoisotopic (exact) mass is 446 g/mol. The highest BCUT2D eigenvalue weighted by Gasteiger charge is 2.42. The Morgan fingerprint density at radius 2 is 2.00 bits per heavy atom. The van der Waals surface area contributed by atoms with Crippen LogP contribution in [-0.2, 0) is 21.6 Å². The van der Waals surface area contributed by atoms with Crippen LogP contribution >= 0.6 is 0 Å². The van der Waals surface area contributed by atoms with Crippen molar-refractivity contribution in [2.75, 3.05) is 0 Å². The van der Waals surface area contributed by atoms with Crippen molar-refractivity contribution in [2.24, 2.45) is 11.8 Å². The predicted octanol–water partition coefficient (Wildman–Crippen LogP) is 4.68. The number of ketones is 1. The van der Waals surface area contributed by atoms with Gasteiger partial charge in [-0.15, -0.1) is 0 Å². The van der Waals surface area contributed by atoms with Crippen molar-refractivity contribution in [3.8, 4) is 17.2 Å². The minimum Gasteiger partial charge on any atom is -0.451 e. The van der Waals surface area contributed by atoms with Crippen LogP contribution < -0.4 is 5.32 Å². The van der Waals surface area contributed by atoms with Gasteiger partial charge < -0.3 is 10.1 Å². The van der Waals surface area contributed by atoms with Gasteiger partial charge in [0.05, 0.1) is 23.6 Å². The number of piperidine rings is 1. The van der Waals surface area contributed by atoms with Gasteiger partial charge in [-0.05, 0) is 74.3 Å². The van der Waals surface area contributed by atoms with Crippen LogP contribution in [0.4, 0.5) is 4.39 Å². The quantitative estimate of drug-likeness (QED) is 0.652. The smallest absolute Gasteiger partial charge is 0.339 e. The van der Waals surface area contributed by atoms with Gasteiger partial charge in [0.25, 0.3) is 0 Å². The molecule has 170 valence electrons. The number of fused-ring (bicyclic) bond motifs is 3. The normalized spacial score (nSPS) is 25.4. The van der Waals surface area contributed by atoms with Crippen LogP contribution in [0.3, 0.4) is 0 Å². The van der Waals surface area contributed by atoms with E-state index in [0.717, 1.165) is 30.4 Å². The predicted molar refractivity (Wildman–Crippen MR) is 121 cm³/mol. The van der Waals surface area contributed by atoms with E-state index in [1.165, 1.54) is 6.07 Å². The van der Waals surface area contributed by atoms with Gasteiger partial charge in [-0.3, -0.25) is 4.79 Å². The van der Waals surface area contributed by atoms with Crippen molar-refractivity contribution >= 4 is 11.8 Å². The van der Waals surface area contributed by atoms with Crippen molar-refractivity contribution in [3.05, 3.63) is 58.9 Å². The topological polar surface area (TPSA) is 79.2 Å². The molecule has 1 saturated carbocycles. The summed E-state index contributed by atoms with van der Waals surface area (Å²) < 4.78 is 20.4. The minimum absolute atomic E-state index is 0.0683. The van der Waals surface area contributed by atoms with Crippen LogP contribution in [-0.4, -0.2) is 23.8 Å². The van der Waals surface area contributed by atoms with Gasteiger partial charge >= 0.3 is 5.97 Å². The van der Waals surface area contributed by atoms with E-state index >= 15 is 0 Å². The Morgan fingerprint density at radius 3 is 2.67 bits per heavy atom. The van der Waals surface area contributed by atoms with Crippen LogP contribution in [0.1, 0.15) is 61.0 Å². The van der Waals surface area contributed by atoms with E-state index in [9.17, 15) is 19.2 Å². The summed E-state index contributed by atoms with van der Waals surface area (Å²) in [6.07, 6.45) is 3.57. The molecule has 0 spiro atoms. The SMILES string of the molecule is CC1(C)OC(=O)c2cc(-c3ccc(C[C@@H](C#N)CC(=O)[C@H]4N[C@@H]5CC[C@H]4C5)c(F)c3)ccc21. The summed E-state index contributed by atoms with van der Waals surface area (Å²) in [4.78, 5) is 24.9. The summed E-state index contributed by atoms with van der Waals surface area (Å²) in [6, 6.07) is 12.8. The Labute approximate surface area is 192 Å². The fourth-order valence-electron chi connectivity index (χ4n) is 5.67. The number of Topliss-reactive ketones (excluding diaryl/α,β-unsaturated/α-hetero) is 1. The second-order valence-electron chi connectivity index (χ2n) is 10.1. The van der Waals surface area contributed by atoms with E-state index in [4.69, 9.17) is 4.74 Å². The van der Waals surface area contributed by atoms with Crippen molar-refractivity contribution in [3.63, 3.8) is 0 Å². The number of nitriles is 1. The molecule has 2 bridgehead atoms. The summed E-state index contributed by atoms with van der Waals surface area (Å²) in [5.74, 6) is -0.898. The molecule has 6 heteroatoms. The van der Waals surface area contributed by atoms with Crippen LogP contribution in [0.2, 0.25) is 0 Å². The second-order valence-corrected chi connectivity index (χ2v) is 10.1. The van der Waals surface area contributed by atoms with Crippen LogP contribution in [0.25, 0.3) is 11.1 Å². The lowest BCUT2D eigenvalue weighted by Gasteiger charge is -2.22. The highest BCUT2D eigenvalue weighted by Crippen LogP contribution is 2.38. The highest BCUT2D eigenvalue weighted by atomic mass is 19.1. The molecule has 3 aliphatic rings. The number of hydrogen-bond donors (Lipinski definition) is 1. The lowest BCUT2D eigenvalue weighted by atomic mass is 9.88. The zero-order valence-electron chi connectivity index (χ0n) is 18.9. The molecule has 4 atom stereocenters. The minimum atomic E-state index is -0.669. The number of esters is 1. The molecule has 0 radical (unpaired) electrons. The molecule has 1 aliphatic carbocycles. The molecule has 1 saturated heterocycles. The molecular formula is C27H27FN2O3. The van der Waals surface area contributed by atoms with Crippen molar-refractivity contribution in [1.29, 1.82) is 5.26 Å². The van der Waals surface area contributed by atoms with Crippen LogP contribution in [0, 0.1) is 29.0 Å². The molecule has 5 rings (SSSR count). The number of carbonyl (C=O) groups is 2. The number of halogens is 1. The standard InChI is InChI=1S/C27H27FN2O3/c1-27(2)22-8-6-16(12-21(22)26(32)33-27)17-3-4-18(23(28)13-17)9-15(14-29)10-24(31)25-19-5-7-20(11-19)30-25/h3-4,6,8,12-13,15,19-20,25,30H,5,7,9-11H2,1-2H3/t15-,19+,20-,25+/m1/s1. The molecule has 0 unspecified atom stereocenters. The first kappa shape index (κ1) is 21.8. The van der Waals surface area contributed by atoms with E-state index in [0.29, 0.717) is 28.7 Å². The Bertz CT molecular complexity index is 1180. The molecule has 2 aromatic carbocycles. The van der Waals surface area contributed by atoms with E-state index in [1.54, 1.807) is 18.2 Å². The first-order valence-corrected chi connectivity index (χ1v) is 11.6. The van der Waals surface area contributed by atoms with Gasteiger partial charge in [0.2, 0.25) is 0 Å². The van der Waals surface area contributed by atoms with Crippen molar-refractivity contribution in [2.45, 2.75) is 63.6 Å². The number of carbonyl (C=O) groups excluding carboxylic acids is 2. The number of nitrogens with one attached hydrogen (secondary N) is 1. The van der Waals surface area contributed by atoms with E-state index < -0.39 is 17.3 Å². The molecule has 2 heterocycles. The largest absolute Gasteiger partial charge is 0.451 e.